The quantitative estimate of drug-likeness (QED) is 0.139. The predicted octanol–water partition coefficient (Wildman–Crippen LogP) is 7.01. The molecule has 0 aliphatic carbocycles. The Bertz CT molecular complexity index is 1190. The summed E-state index contributed by atoms with van der Waals surface area (Å²) in [6.45, 7) is 2.45. The zero-order valence-electron chi connectivity index (χ0n) is 18.1. The van der Waals surface area contributed by atoms with Gasteiger partial charge in [0, 0.05) is 0 Å². The number of hydrogen-bond acceptors (Lipinski definition) is 0. The van der Waals surface area contributed by atoms with Crippen molar-refractivity contribution in [3.05, 3.63) is 121 Å². The normalized spacial score (nSPS) is 13.2. The average molecular weight is 877 g/mol. The molecule has 0 fully saturated rings. The molecule has 0 saturated carbocycles. The summed E-state index contributed by atoms with van der Waals surface area (Å²) in [6, 6.07) is 44.1. The van der Waals surface area contributed by atoms with Crippen molar-refractivity contribution in [3.8, 4) is 0 Å². The molecule has 1 unspecified atom stereocenters. The van der Waals surface area contributed by atoms with Crippen LogP contribution in [0.15, 0.2) is 121 Å². The summed E-state index contributed by atoms with van der Waals surface area (Å²) in [7, 11) is 14.1. The van der Waals surface area contributed by atoms with Gasteiger partial charge in [-0.3, -0.25) is 0 Å². The van der Waals surface area contributed by atoms with E-state index in [2.05, 4.69) is 128 Å². The molecule has 4 rings (SSSR count). The van der Waals surface area contributed by atoms with Gasteiger partial charge in [0.25, 0.3) is 0 Å². The summed E-state index contributed by atoms with van der Waals surface area (Å²) in [4.78, 5) is 0. The fourth-order valence-electron chi connectivity index (χ4n) is 4.23. The second-order valence-electron chi connectivity index (χ2n) is 7.72. The fourth-order valence-corrected chi connectivity index (χ4v) is 32.8. The minimum absolute atomic E-state index is 0.422. The van der Waals surface area contributed by atoms with Crippen LogP contribution in [-0.2, 0) is 35.3 Å². The van der Waals surface area contributed by atoms with Crippen LogP contribution in [0.3, 0.4) is 0 Å². The van der Waals surface area contributed by atoms with E-state index in [9.17, 15) is 0 Å². The van der Waals surface area contributed by atoms with E-state index in [-0.39, 0.29) is 0 Å². The first-order valence-corrected chi connectivity index (χ1v) is 25.3. The van der Waals surface area contributed by atoms with Gasteiger partial charge in [-0.15, -0.1) is 0 Å². The molecule has 180 valence electrons. The van der Waals surface area contributed by atoms with Crippen molar-refractivity contribution in [2.75, 3.05) is 6.16 Å². The van der Waals surface area contributed by atoms with Crippen molar-refractivity contribution in [1.29, 1.82) is 0 Å². The van der Waals surface area contributed by atoms with Crippen LogP contribution in [0.1, 0.15) is 6.92 Å². The van der Waals surface area contributed by atoms with Crippen molar-refractivity contribution < 1.29 is 35.3 Å². The first-order valence-electron chi connectivity index (χ1n) is 10.6. The molecule has 6 heteroatoms. The van der Waals surface area contributed by atoms with Crippen LogP contribution in [-0.4, -0.2) is 11.8 Å². The summed E-state index contributed by atoms with van der Waals surface area (Å²) in [5, 5.41) is 5.69. The van der Waals surface area contributed by atoms with E-state index in [1.165, 1.54) is 21.2 Å². The van der Waals surface area contributed by atoms with Gasteiger partial charge in [0.05, 0.1) is 0 Å². The first kappa shape index (κ1) is 25.9. The van der Waals surface area contributed by atoms with Crippen molar-refractivity contribution in [2.45, 2.75) is 12.6 Å². The molecule has 0 bridgehead atoms. The molecule has 1 atom stereocenters. The molecule has 0 aliphatic heterocycles. The summed E-state index contributed by atoms with van der Waals surface area (Å²) >= 11 is -0.857. The SMILES string of the molecule is CC(C[P](=[Au][Cl])(c1ccccc1)c1ccccc1)[P](=[Au][Cl])(c1ccccc1)c1ccccc1. The van der Waals surface area contributed by atoms with E-state index < -0.39 is 44.7 Å². The number of halogens is 2. The third kappa shape index (κ3) is 5.33. The van der Waals surface area contributed by atoms with Crippen LogP contribution in [0, 0.1) is 0 Å². The molecule has 0 aromatic heterocycles. The van der Waals surface area contributed by atoms with Gasteiger partial charge in [-0.2, -0.15) is 0 Å². The van der Waals surface area contributed by atoms with E-state index in [1.807, 2.05) is 0 Å². The van der Waals surface area contributed by atoms with Gasteiger partial charge in [-0.05, 0) is 0 Å². The molecule has 0 aliphatic rings. The Morgan fingerprint density at radius 1 is 0.545 bits per heavy atom. The van der Waals surface area contributed by atoms with Crippen molar-refractivity contribution in [1.82, 2.24) is 0 Å². The van der Waals surface area contributed by atoms with E-state index in [1.54, 1.807) is 0 Å². The van der Waals surface area contributed by atoms with Crippen molar-refractivity contribution >= 4 is 49.0 Å². The summed E-state index contributed by atoms with van der Waals surface area (Å²) in [5.74, 6) is 0. The standard InChI is InChI=1S/C27H26P2.2Au.2ClH/c1-23(29(26-18-10-4-11-19-26)27-20-12-5-13-21-27)22-28(24-14-6-2-7-15-24)25-16-8-3-9-17-25;;;;/h2-21,23H,22H2,1H3;;;2*1H/q;2*+1;;/p-2. The number of hydrogen-bond donors (Lipinski definition) is 0. The first-order chi connectivity index (χ1) is 16.2. The molecule has 0 amide bonds. The molecule has 33 heavy (non-hydrogen) atoms. The van der Waals surface area contributed by atoms with Gasteiger partial charge in [-0.1, -0.05) is 0 Å². The Kier molecular flexibility index (Phi) is 9.54. The topological polar surface area (TPSA) is 0 Å². The van der Waals surface area contributed by atoms with Gasteiger partial charge in [0.2, 0.25) is 0 Å². The van der Waals surface area contributed by atoms with E-state index in [4.69, 9.17) is 18.4 Å². The fraction of sp³-hybridized carbons (Fsp3) is 0.111. The van der Waals surface area contributed by atoms with Gasteiger partial charge >= 0.3 is 224 Å². The molecular weight excluding hydrogens is 851 g/mol. The zero-order chi connectivity index (χ0) is 23.2. The molecule has 4 aromatic rings. The minimum atomic E-state index is -1.78. The van der Waals surface area contributed by atoms with Crippen LogP contribution in [0.4, 0.5) is 0 Å². The van der Waals surface area contributed by atoms with Crippen LogP contribution in [0.5, 0.6) is 0 Å². The van der Waals surface area contributed by atoms with Crippen LogP contribution in [0.2, 0.25) is 0 Å². The van der Waals surface area contributed by atoms with Gasteiger partial charge in [0.15, 0.2) is 0 Å². The Balaban J connectivity index is 1.94. The predicted molar refractivity (Wildman–Crippen MR) is 144 cm³/mol. The Morgan fingerprint density at radius 3 is 1.18 bits per heavy atom. The van der Waals surface area contributed by atoms with E-state index in [0.29, 0.717) is 5.66 Å². The Hall–Kier alpha value is -0.199. The van der Waals surface area contributed by atoms with Gasteiger partial charge in [0.1, 0.15) is 0 Å². The molecule has 4 aromatic carbocycles. The molecule has 0 radical (unpaired) electrons. The maximum absolute atomic E-state index is 7.09. The van der Waals surface area contributed by atoms with Crippen molar-refractivity contribution in [3.63, 3.8) is 0 Å². The number of benzene rings is 4. The zero-order valence-corrected chi connectivity index (χ0v) is 25.7. The van der Waals surface area contributed by atoms with E-state index >= 15 is 0 Å². The van der Waals surface area contributed by atoms with Crippen LogP contribution >= 0.6 is 27.8 Å². The molecule has 0 N–H and O–H groups in total. The second kappa shape index (κ2) is 12.2. The third-order valence-corrected chi connectivity index (χ3v) is 35.5. The summed E-state index contributed by atoms with van der Waals surface area (Å²) < 4.78 is -3.52. The maximum atomic E-state index is 7.09. The third-order valence-electron chi connectivity index (χ3n) is 5.76. The second-order valence-corrected chi connectivity index (χ2v) is 30.5. The van der Waals surface area contributed by atoms with Crippen molar-refractivity contribution in [2.24, 2.45) is 0 Å². The molecule has 0 spiro atoms. The molecular formula is C27H26Au2Cl2P2. The Labute approximate surface area is 222 Å². The average Bonchev–Trinajstić information content (AvgIpc) is 2.90. The Morgan fingerprint density at radius 2 is 0.879 bits per heavy atom. The molecule has 0 heterocycles. The van der Waals surface area contributed by atoms with Crippen LogP contribution in [0.25, 0.3) is 0 Å². The van der Waals surface area contributed by atoms with Crippen LogP contribution < -0.4 is 21.2 Å². The molecule has 0 nitrogen and oxygen atoms in total. The molecule has 0 saturated heterocycles. The summed E-state index contributed by atoms with van der Waals surface area (Å²) in [6.07, 6.45) is 1.09. The number of rotatable bonds is 7. The van der Waals surface area contributed by atoms with E-state index in [0.717, 1.165) is 6.16 Å². The summed E-state index contributed by atoms with van der Waals surface area (Å²) in [5.41, 5.74) is 0.435. The van der Waals surface area contributed by atoms with Gasteiger partial charge < -0.3 is 0 Å². The van der Waals surface area contributed by atoms with Gasteiger partial charge in [-0.25, -0.2) is 0 Å². The monoisotopic (exact) mass is 876 g/mol.